The Hall–Kier alpha value is -2.62. The van der Waals surface area contributed by atoms with Gasteiger partial charge in [0, 0.05) is 43.7 Å². The highest BCUT2D eigenvalue weighted by atomic mass is 32.2. The lowest BCUT2D eigenvalue weighted by molar-refractivity contribution is -0.112. The molecule has 0 atom stereocenters. The van der Waals surface area contributed by atoms with Crippen LogP contribution in [-0.4, -0.2) is 45.3 Å². The van der Waals surface area contributed by atoms with Gasteiger partial charge in [0.2, 0.25) is 0 Å². The highest BCUT2D eigenvalue weighted by molar-refractivity contribution is 7.89. The Morgan fingerprint density at radius 2 is 1.93 bits per heavy atom. The van der Waals surface area contributed by atoms with Gasteiger partial charge in [-0.3, -0.25) is 0 Å². The Labute approximate surface area is 156 Å². The fourth-order valence-corrected chi connectivity index (χ4v) is 5.03. The molecule has 1 spiro atoms. The number of benzene rings is 1. The maximum absolute atomic E-state index is 12.7. The van der Waals surface area contributed by atoms with Gasteiger partial charge in [0.05, 0.1) is 18.6 Å². The van der Waals surface area contributed by atoms with E-state index >= 15 is 0 Å². The van der Waals surface area contributed by atoms with Crippen LogP contribution in [0.4, 0.5) is 0 Å². The van der Waals surface area contributed by atoms with Crippen LogP contribution in [0, 0.1) is 0 Å². The van der Waals surface area contributed by atoms with E-state index in [4.69, 9.17) is 4.74 Å². The number of imidazole rings is 1. The predicted octanol–water partition coefficient (Wildman–Crippen LogP) is 1.31. The van der Waals surface area contributed by atoms with E-state index in [0.29, 0.717) is 12.4 Å². The number of hydrogen-bond acceptors (Lipinski definition) is 6. The summed E-state index contributed by atoms with van der Waals surface area (Å²) in [7, 11) is -1.88. The van der Waals surface area contributed by atoms with Gasteiger partial charge in [-0.1, -0.05) is 30.3 Å². The molecule has 0 N–H and O–H groups in total. The topological polar surface area (TPSA) is 90.2 Å². The third-order valence-corrected chi connectivity index (χ3v) is 6.70. The molecule has 1 saturated heterocycles. The zero-order chi connectivity index (χ0) is 18.6. The highest BCUT2D eigenvalue weighted by Crippen LogP contribution is 2.44. The van der Waals surface area contributed by atoms with E-state index in [1.165, 1.54) is 16.8 Å². The quantitative estimate of drug-likeness (QED) is 0.677. The first-order valence-corrected chi connectivity index (χ1v) is 9.96. The first-order valence-electron chi connectivity index (χ1n) is 8.52. The molecule has 1 aromatic carbocycles. The second-order valence-corrected chi connectivity index (χ2v) is 8.74. The fourth-order valence-electron chi connectivity index (χ4n) is 3.53. The van der Waals surface area contributed by atoms with Crippen molar-refractivity contribution in [2.75, 3.05) is 13.1 Å². The van der Waals surface area contributed by atoms with Crippen LogP contribution in [0.25, 0.3) is 11.4 Å². The van der Waals surface area contributed by atoms with E-state index in [9.17, 15) is 8.42 Å². The first kappa shape index (κ1) is 16.5. The molecule has 2 aliphatic heterocycles. The maximum Gasteiger partial charge on any atom is 0.262 e. The van der Waals surface area contributed by atoms with E-state index < -0.39 is 15.6 Å². The number of hydrogen-bond donors (Lipinski definition) is 0. The Balaban J connectivity index is 1.41. The summed E-state index contributed by atoms with van der Waals surface area (Å²) in [4.78, 5) is 13.1. The van der Waals surface area contributed by atoms with Gasteiger partial charge in [-0.2, -0.15) is 4.31 Å². The molecule has 5 rings (SSSR count). The van der Waals surface area contributed by atoms with Crippen molar-refractivity contribution in [2.45, 2.75) is 17.2 Å². The summed E-state index contributed by atoms with van der Waals surface area (Å²) in [6, 6.07) is 9.74. The van der Waals surface area contributed by atoms with Crippen LogP contribution in [0.2, 0.25) is 0 Å². The second-order valence-electron chi connectivity index (χ2n) is 6.85. The van der Waals surface area contributed by atoms with Crippen LogP contribution in [-0.2, 0) is 34.0 Å². The van der Waals surface area contributed by atoms with Crippen LogP contribution in [0.15, 0.2) is 54.1 Å². The van der Waals surface area contributed by atoms with E-state index in [2.05, 4.69) is 15.0 Å². The maximum atomic E-state index is 12.7. The number of nitrogens with zero attached hydrogens (tertiary/aromatic N) is 5. The Bertz CT molecular complexity index is 1120. The van der Waals surface area contributed by atoms with Crippen LogP contribution < -0.4 is 0 Å². The highest BCUT2D eigenvalue weighted by Gasteiger charge is 2.55. The largest absolute Gasteiger partial charge is 0.361 e. The average Bonchev–Trinajstić information content (AvgIpc) is 3.25. The summed E-state index contributed by atoms with van der Waals surface area (Å²) in [5.74, 6) is 0.646. The number of aromatic nitrogens is 4. The van der Waals surface area contributed by atoms with E-state index in [1.54, 1.807) is 17.8 Å². The molecule has 27 heavy (non-hydrogen) atoms. The van der Waals surface area contributed by atoms with Crippen LogP contribution >= 0.6 is 0 Å². The predicted molar refractivity (Wildman–Crippen MR) is 95.9 cm³/mol. The van der Waals surface area contributed by atoms with Crippen molar-refractivity contribution in [1.82, 2.24) is 23.8 Å². The number of aryl methyl sites for hydroxylation is 1. The molecule has 138 valence electrons. The number of fused-ring (bicyclic) bond motifs is 2. The lowest BCUT2D eigenvalue weighted by Crippen LogP contribution is -2.61. The molecule has 2 aromatic heterocycles. The zero-order valence-corrected chi connectivity index (χ0v) is 15.4. The van der Waals surface area contributed by atoms with Gasteiger partial charge in [0.25, 0.3) is 10.0 Å². The minimum absolute atomic E-state index is 0.0498. The van der Waals surface area contributed by atoms with Crippen LogP contribution in [0.5, 0.6) is 0 Å². The van der Waals surface area contributed by atoms with Crippen molar-refractivity contribution >= 4 is 10.0 Å². The van der Waals surface area contributed by atoms with Crippen LogP contribution in [0.3, 0.4) is 0 Å². The smallest absolute Gasteiger partial charge is 0.262 e. The molecule has 8 nitrogen and oxygen atoms in total. The van der Waals surface area contributed by atoms with Gasteiger partial charge in [-0.05, 0) is 0 Å². The Kier molecular flexibility index (Phi) is 3.48. The molecule has 9 heteroatoms. The SMILES string of the molecule is Cn1cnc(S(=O)(=O)N2CC3(C2)OCc2nc(-c4ccccc4)ncc23)c1. The van der Waals surface area contributed by atoms with Gasteiger partial charge in [0.1, 0.15) is 5.60 Å². The van der Waals surface area contributed by atoms with Crippen molar-refractivity contribution in [2.24, 2.45) is 7.05 Å². The summed E-state index contributed by atoms with van der Waals surface area (Å²) in [6.07, 6.45) is 4.74. The van der Waals surface area contributed by atoms with Crippen molar-refractivity contribution < 1.29 is 13.2 Å². The fraction of sp³-hybridized carbons (Fsp3) is 0.278. The summed E-state index contributed by atoms with van der Waals surface area (Å²) in [6.45, 7) is 0.842. The second kappa shape index (κ2) is 5.69. The Morgan fingerprint density at radius 3 is 2.63 bits per heavy atom. The number of rotatable bonds is 3. The molecule has 1 fully saturated rings. The molecule has 0 radical (unpaired) electrons. The van der Waals surface area contributed by atoms with Crippen molar-refractivity contribution in [1.29, 1.82) is 0 Å². The van der Waals surface area contributed by atoms with Gasteiger partial charge in [0.15, 0.2) is 10.9 Å². The third kappa shape index (κ3) is 2.50. The standard InChI is InChI=1S/C18H17N5O3S/c1-22-8-16(20-12-22)27(24,25)23-10-18(11-23)14-7-19-17(21-15(14)9-26-18)13-5-3-2-4-6-13/h2-8,12H,9-11H2,1H3. The van der Waals surface area contributed by atoms with E-state index in [-0.39, 0.29) is 18.1 Å². The normalized spacial score (nSPS) is 18.4. The van der Waals surface area contributed by atoms with E-state index in [0.717, 1.165) is 16.8 Å². The molecular formula is C18H17N5O3S. The molecular weight excluding hydrogens is 366 g/mol. The minimum atomic E-state index is -3.62. The van der Waals surface area contributed by atoms with Crippen molar-refractivity contribution in [3.63, 3.8) is 0 Å². The third-order valence-electron chi connectivity index (χ3n) is 5.02. The lowest BCUT2D eigenvalue weighted by atomic mass is 9.90. The molecule has 4 heterocycles. The molecule has 2 aliphatic rings. The van der Waals surface area contributed by atoms with E-state index in [1.807, 2.05) is 30.3 Å². The molecule has 0 bridgehead atoms. The van der Waals surface area contributed by atoms with Gasteiger partial charge in [-0.15, -0.1) is 0 Å². The van der Waals surface area contributed by atoms with Gasteiger partial charge >= 0.3 is 0 Å². The van der Waals surface area contributed by atoms with Gasteiger partial charge in [-0.25, -0.2) is 23.4 Å². The molecule has 3 aromatic rings. The monoisotopic (exact) mass is 383 g/mol. The number of sulfonamides is 1. The van der Waals surface area contributed by atoms with Gasteiger partial charge < -0.3 is 9.30 Å². The molecule has 0 aliphatic carbocycles. The summed E-state index contributed by atoms with van der Waals surface area (Å²) >= 11 is 0. The summed E-state index contributed by atoms with van der Waals surface area (Å²) in [5, 5.41) is 0.0498. The summed E-state index contributed by atoms with van der Waals surface area (Å²) < 4.78 is 34.3. The van der Waals surface area contributed by atoms with Crippen LogP contribution in [0.1, 0.15) is 11.3 Å². The molecule has 0 unspecified atom stereocenters. The van der Waals surface area contributed by atoms with Crippen molar-refractivity contribution in [3.05, 3.63) is 60.3 Å². The summed E-state index contributed by atoms with van der Waals surface area (Å²) in [5.41, 5.74) is 1.97. The molecule has 0 amide bonds. The zero-order valence-electron chi connectivity index (χ0n) is 14.6. The average molecular weight is 383 g/mol. The lowest BCUT2D eigenvalue weighted by Gasteiger charge is -2.45. The molecule has 0 saturated carbocycles. The van der Waals surface area contributed by atoms with Crippen molar-refractivity contribution in [3.8, 4) is 11.4 Å². The number of ether oxygens (including phenoxy) is 1. The minimum Gasteiger partial charge on any atom is -0.361 e. The Morgan fingerprint density at radius 1 is 1.15 bits per heavy atom. The first-order chi connectivity index (χ1) is 13.0.